The van der Waals surface area contributed by atoms with Gasteiger partial charge >= 0.3 is 5.97 Å². The summed E-state index contributed by atoms with van der Waals surface area (Å²) >= 11 is 0. The molecule has 0 heterocycles. The van der Waals surface area contributed by atoms with Crippen LogP contribution in [-0.4, -0.2) is 31.2 Å². The standard InChI is InChI=1S/C12H24O5S/c1-2-3-4-5-6-7-8-10-18(15,16)11-9-12(13)17-14/h14H,2-11H2,1H3. The van der Waals surface area contributed by atoms with Crippen LogP contribution in [0.15, 0.2) is 0 Å². The maximum absolute atomic E-state index is 11.5. The minimum atomic E-state index is -3.20. The third-order valence-corrected chi connectivity index (χ3v) is 4.51. The average Bonchev–Trinajstić information content (AvgIpc) is 2.35. The SMILES string of the molecule is CCCCCCCCCS(=O)(=O)CCC(=O)OO. The zero-order valence-corrected chi connectivity index (χ0v) is 11.9. The smallest absolute Gasteiger partial charge is 0.301 e. The van der Waals surface area contributed by atoms with E-state index in [0.717, 1.165) is 19.3 Å². The van der Waals surface area contributed by atoms with Crippen LogP contribution in [0, 0.1) is 0 Å². The molecule has 18 heavy (non-hydrogen) atoms. The minimum absolute atomic E-state index is 0.111. The second-order valence-electron chi connectivity index (χ2n) is 4.49. The number of sulfone groups is 1. The molecule has 0 rings (SSSR count). The number of carbonyl (C=O) groups is 1. The molecule has 0 aliphatic rings. The molecule has 0 unspecified atom stereocenters. The molecule has 0 saturated carbocycles. The van der Waals surface area contributed by atoms with E-state index in [1.54, 1.807) is 0 Å². The van der Waals surface area contributed by atoms with Crippen molar-refractivity contribution in [1.29, 1.82) is 0 Å². The zero-order chi connectivity index (χ0) is 13.9. The average molecular weight is 280 g/mol. The molecule has 0 aromatic heterocycles. The van der Waals surface area contributed by atoms with Gasteiger partial charge in [0.1, 0.15) is 0 Å². The number of carbonyl (C=O) groups excluding carboxylic acids is 1. The van der Waals surface area contributed by atoms with Crippen molar-refractivity contribution in [3.63, 3.8) is 0 Å². The lowest BCUT2D eigenvalue weighted by Crippen LogP contribution is -2.15. The van der Waals surface area contributed by atoms with E-state index in [1.807, 2.05) is 0 Å². The van der Waals surface area contributed by atoms with E-state index in [9.17, 15) is 13.2 Å². The van der Waals surface area contributed by atoms with Crippen LogP contribution in [0.25, 0.3) is 0 Å². The van der Waals surface area contributed by atoms with Crippen molar-refractivity contribution in [2.45, 2.75) is 58.3 Å². The third-order valence-electron chi connectivity index (χ3n) is 2.78. The quantitative estimate of drug-likeness (QED) is 0.357. The van der Waals surface area contributed by atoms with Crippen molar-refractivity contribution in [2.75, 3.05) is 11.5 Å². The Morgan fingerprint density at radius 3 is 2.11 bits per heavy atom. The summed E-state index contributed by atoms with van der Waals surface area (Å²) in [5.74, 6) is -1.04. The summed E-state index contributed by atoms with van der Waals surface area (Å²) in [5, 5.41) is 8.00. The van der Waals surface area contributed by atoms with Gasteiger partial charge in [-0.05, 0) is 6.42 Å². The molecule has 0 spiro atoms. The molecule has 0 bridgehead atoms. The van der Waals surface area contributed by atoms with Crippen LogP contribution >= 0.6 is 0 Å². The Labute approximate surface area is 109 Å². The van der Waals surface area contributed by atoms with Crippen molar-refractivity contribution >= 4 is 15.8 Å². The van der Waals surface area contributed by atoms with Gasteiger partial charge in [-0.3, -0.25) is 0 Å². The number of rotatable bonds is 11. The molecule has 0 aromatic rings. The van der Waals surface area contributed by atoms with Gasteiger partial charge in [-0.15, -0.1) is 0 Å². The predicted octanol–water partition coefficient (Wildman–Crippen LogP) is 2.56. The molecule has 0 radical (unpaired) electrons. The monoisotopic (exact) mass is 280 g/mol. The molecule has 1 N–H and O–H groups in total. The number of hydrogen-bond donors (Lipinski definition) is 1. The van der Waals surface area contributed by atoms with E-state index >= 15 is 0 Å². The van der Waals surface area contributed by atoms with Gasteiger partial charge in [0.2, 0.25) is 0 Å². The summed E-state index contributed by atoms with van der Waals surface area (Å²) in [6, 6.07) is 0. The van der Waals surface area contributed by atoms with Crippen LogP contribution in [0.2, 0.25) is 0 Å². The van der Waals surface area contributed by atoms with E-state index in [4.69, 9.17) is 5.26 Å². The van der Waals surface area contributed by atoms with E-state index in [-0.39, 0.29) is 17.9 Å². The first-order chi connectivity index (χ1) is 8.52. The first-order valence-electron chi connectivity index (χ1n) is 6.56. The Kier molecular flexibility index (Phi) is 9.96. The summed E-state index contributed by atoms with van der Waals surface area (Å²) in [4.78, 5) is 14.0. The fraction of sp³-hybridized carbons (Fsp3) is 0.917. The minimum Gasteiger partial charge on any atom is -0.301 e. The molecule has 0 aliphatic carbocycles. The molecule has 0 atom stereocenters. The maximum atomic E-state index is 11.5. The second-order valence-corrected chi connectivity index (χ2v) is 6.79. The highest BCUT2D eigenvalue weighted by molar-refractivity contribution is 7.91. The first kappa shape index (κ1) is 17.4. The molecule has 0 saturated heterocycles. The van der Waals surface area contributed by atoms with Gasteiger partial charge in [-0.1, -0.05) is 45.4 Å². The largest absolute Gasteiger partial charge is 0.343 e. The molecule has 0 aliphatic heterocycles. The van der Waals surface area contributed by atoms with Gasteiger partial charge in [-0.25, -0.2) is 13.2 Å². The summed E-state index contributed by atoms with van der Waals surface area (Å²) in [6.45, 7) is 2.16. The molecular weight excluding hydrogens is 256 g/mol. The number of unbranched alkanes of at least 4 members (excludes halogenated alkanes) is 6. The zero-order valence-electron chi connectivity index (χ0n) is 11.1. The highest BCUT2D eigenvalue weighted by Crippen LogP contribution is 2.08. The van der Waals surface area contributed by atoms with Crippen molar-refractivity contribution in [3.05, 3.63) is 0 Å². The van der Waals surface area contributed by atoms with Gasteiger partial charge in [0, 0.05) is 0 Å². The molecule has 0 amide bonds. The summed E-state index contributed by atoms with van der Waals surface area (Å²) in [7, 11) is -3.20. The van der Waals surface area contributed by atoms with Gasteiger partial charge in [-0.2, -0.15) is 5.26 Å². The predicted molar refractivity (Wildman–Crippen MR) is 70.0 cm³/mol. The highest BCUT2D eigenvalue weighted by Gasteiger charge is 2.13. The lowest BCUT2D eigenvalue weighted by atomic mass is 10.1. The van der Waals surface area contributed by atoms with Crippen LogP contribution in [0.5, 0.6) is 0 Å². The second kappa shape index (κ2) is 10.3. The van der Waals surface area contributed by atoms with Gasteiger partial charge in [0.25, 0.3) is 0 Å². The van der Waals surface area contributed by atoms with Crippen molar-refractivity contribution in [3.8, 4) is 0 Å². The number of hydrogen-bond acceptors (Lipinski definition) is 5. The normalized spacial score (nSPS) is 11.4. The fourth-order valence-corrected chi connectivity index (χ4v) is 2.99. The molecular formula is C12H24O5S. The van der Waals surface area contributed by atoms with Gasteiger partial charge < -0.3 is 4.89 Å². The van der Waals surface area contributed by atoms with E-state index in [0.29, 0.717) is 6.42 Å². The molecule has 6 heteroatoms. The summed E-state index contributed by atoms with van der Waals surface area (Å²) in [5.41, 5.74) is 0. The Morgan fingerprint density at radius 2 is 1.56 bits per heavy atom. The fourth-order valence-electron chi connectivity index (χ4n) is 1.67. The van der Waals surface area contributed by atoms with Crippen LogP contribution in [0.4, 0.5) is 0 Å². The van der Waals surface area contributed by atoms with Crippen LogP contribution < -0.4 is 0 Å². The van der Waals surface area contributed by atoms with Crippen molar-refractivity contribution in [1.82, 2.24) is 0 Å². The van der Waals surface area contributed by atoms with E-state index < -0.39 is 15.8 Å². The van der Waals surface area contributed by atoms with Crippen molar-refractivity contribution in [2.24, 2.45) is 0 Å². The van der Waals surface area contributed by atoms with E-state index in [1.165, 1.54) is 19.3 Å². The molecule has 5 nitrogen and oxygen atoms in total. The molecule has 108 valence electrons. The van der Waals surface area contributed by atoms with E-state index in [2.05, 4.69) is 11.8 Å². The Balaban J connectivity index is 3.56. The third kappa shape index (κ3) is 10.5. The van der Waals surface area contributed by atoms with Crippen molar-refractivity contribution < 1.29 is 23.4 Å². The van der Waals surface area contributed by atoms with Gasteiger partial charge in [0.05, 0.1) is 17.9 Å². The maximum Gasteiger partial charge on any atom is 0.343 e. The topological polar surface area (TPSA) is 80.7 Å². The summed E-state index contributed by atoms with van der Waals surface area (Å²) < 4.78 is 23.0. The molecule has 0 fully saturated rings. The first-order valence-corrected chi connectivity index (χ1v) is 8.38. The Morgan fingerprint density at radius 1 is 1.00 bits per heavy atom. The Bertz CT molecular complexity index is 310. The Hall–Kier alpha value is -0.620. The van der Waals surface area contributed by atoms with Gasteiger partial charge in [0.15, 0.2) is 9.84 Å². The highest BCUT2D eigenvalue weighted by atomic mass is 32.2. The van der Waals surface area contributed by atoms with Crippen LogP contribution in [0.1, 0.15) is 58.3 Å². The lowest BCUT2D eigenvalue weighted by Gasteiger charge is -2.03. The van der Waals surface area contributed by atoms with Crippen LogP contribution in [0.3, 0.4) is 0 Å². The van der Waals surface area contributed by atoms with Crippen LogP contribution in [-0.2, 0) is 19.5 Å². The lowest BCUT2D eigenvalue weighted by molar-refractivity contribution is -0.233. The molecule has 0 aromatic carbocycles. The summed E-state index contributed by atoms with van der Waals surface area (Å²) in [6.07, 6.45) is 7.15.